The van der Waals surface area contributed by atoms with Gasteiger partial charge in [-0.2, -0.15) is 4.31 Å². The molecule has 2 aromatic rings. The smallest absolute Gasteiger partial charge is 0.386 e. The van der Waals surface area contributed by atoms with Gasteiger partial charge in [-0.3, -0.25) is 32.5 Å². The van der Waals surface area contributed by atoms with Crippen LogP contribution in [0.15, 0.2) is 24.8 Å². The van der Waals surface area contributed by atoms with E-state index in [1.807, 2.05) is 6.08 Å². The molecular formula is C41H72N7O17P3S. The highest BCUT2D eigenvalue weighted by atomic mass is 32.2. The fraction of sp³-hybridized carbons (Fsp3) is 0.756. The Labute approximate surface area is 407 Å². The van der Waals surface area contributed by atoms with Gasteiger partial charge >= 0.3 is 23.5 Å². The zero-order valence-electron chi connectivity index (χ0n) is 39.5. The number of anilines is 1. The molecule has 0 saturated carbocycles. The van der Waals surface area contributed by atoms with Crippen LogP contribution in [0.5, 0.6) is 0 Å². The summed E-state index contributed by atoms with van der Waals surface area (Å²) in [4.78, 5) is 88.3. The van der Waals surface area contributed by atoms with Gasteiger partial charge in [-0.25, -0.2) is 28.6 Å². The number of aromatic nitrogens is 4. The lowest BCUT2D eigenvalue weighted by Crippen LogP contribution is -2.46. The van der Waals surface area contributed by atoms with Crippen molar-refractivity contribution in [3.63, 3.8) is 0 Å². The lowest BCUT2D eigenvalue weighted by molar-refractivity contribution is -0.137. The van der Waals surface area contributed by atoms with E-state index >= 15 is 0 Å². The summed E-state index contributed by atoms with van der Waals surface area (Å²) in [5, 5.41) is 26.5. The first-order chi connectivity index (χ1) is 32.6. The number of aliphatic hydroxyl groups excluding tert-OH is 2. The van der Waals surface area contributed by atoms with Crippen LogP contribution in [-0.4, -0.2) is 123 Å². The standard InChI is InChI=1S/C41H72N7O17P3S/c1-4-5-6-7-8-9-10-11-12-13-14-15-16-17-18-19-20-21-32(50)69-25-24-43-31(49)22-23-44-39(53)36(52)41(2,3)27-62-68(59,60)65-67(57,58)61-26-30-35(64-66(54,55)56)34(51)40(63-30)48-29-47-33-37(42)45-28-46-38(33)48/h20-21,28-30,34-36,40,51-52H,4-19,22-27H2,1-3H3,(H,43,49)(H,44,53)(H,57,58)(H,59,60)(H2,42,45,46)(H2,54,55,56)/b21-20+. The largest absolute Gasteiger partial charge is 0.481 e. The number of hydrogen-bond acceptors (Lipinski definition) is 18. The summed E-state index contributed by atoms with van der Waals surface area (Å²) in [7, 11) is -16.4. The number of allylic oxidation sites excluding steroid dienone is 1. The number of phosphoric acid groups is 3. The van der Waals surface area contributed by atoms with E-state index in [1.54, 1.807) is 6.08 Å². The minimum Gasteiger partial charge on any atom is -0.386 e. The summed E-state index contributed by atoms with van der Waals surface area (Å²) >= 11 is 1.07. The topological polar surface area (TPSA) is 364 Å². The molecule has 1 saturated heterocycles. The van der Waals surface area contributed by atoms with Gasteiger partial charge < -0.3 is 50.9 Å². The predicted molar refractivity (Wildman–Crippen MR) is 256 cm³/mol. The summed E-state index contributed by atoms with van der Waals surface area (Å²) < 4.78 is 62.5. The molecule has 69 heavy (non-hydrogen) atoms. The number of imidazole rings is 1. The predicted octanol–water partition coefficient (Wildman–Crippen LogP) is 5.48. The van der Waals surface area contributed by atoms with E-state index in [9.17, 15) is 57.9 Å². The number of thioether (sulfide) groups is 1. The molecule has 0 spiro atoms. The quantitative estimate of drug-likeness (QED) is 0.0232. The number of aliphatic hydroxyl groups is 2. The number of nitrogens with one attached hydrogen (secondary N) is 2. The van der Waals surface area contributed by atoms with E-state index in [-0.39, 0.29) is 41.6 Å². The lowest BCUT2D eigenvalue weighted by atomic mass is 9.87. The van der Waals surface area contributed by atoms with Crippen molar-refractivity contribution in [3.8, 4) is 0 Å². The zero-order chi connectivity index (χ0) is 51.1. The molecule has 0 aliphatic carbocycles. The number of nitrogens with two attached hydrogens (primary N) is 1. The number of unbranched alkanes of at least 4 members (excludes halogenated alkanes) is 15. The second kappa shape index (κ2) is 30.4. The third-order valence-corrected chi connectivity index (χ3v) is 14.9. The van der Waals surface area contributed by atoms with Crippen molar-refractivity contribution in [2.75, 3.05) is 37.8 Å². The van der Waals surface area contributed by atoms with Crippen LogP contribution >= 0.6 is 35.2 Å². The van der Waals surface area contributed by atoms with Gasteiger partial charge in [-0.05, 0) is 18.9 Å². The van der Waals surface area contributed by atoms with E-state index in [2.05, 4.69) is 41.3 Å². The summed E-state index contributed by atoms with van der Waals surface area (Å²) in [5.41, 5.74) is 4.28. The van der Waals surface area contributed by atoms with Crippen molar-refractivity contribution in [2.45, 2.75) is 161 Å². The number of carbonyl (C=O) groups is 3. The Bertz CT molecular complexity index is 2080. The molecule has 0 bridgehead atoms. The van der Waals surface area contributed by atoms with E-state index < -0.39 is 84.6 Å². The molecule has 1 aliphatic heterocycles. The van der Waals surface area contributed by atoms with E-state index in [1.165, 1.54) is 97.3 Å². The Kier molecular flexibility index (Phi) is 26.7. The highest BCUT2D eigenvalue weighted by molar-refractivity contribution is 8.14. The Hall–Kier alpha value is -2.70. The van der Waals surface area contributed by atoms with Crippen molar-refractivity contribution in [1.82, 2.24) is 30.2 Å². The lowest BCUT2D eigenvalue weighted by Gasteiger charge is -2.30. The first-order valence-electron chi connectivity index (χ1n) is 23.3. The zero-order valence-corrected chi connectivity index (χ0v) is 43.0. The van der Waals surface area contributed by atoms with Gasteiger partial charge in [0.2, 0.25) is 16.9 Å². The molecule has 7 atom stereocenters. The van der Waals surface area contributed by atoms with E-state index in [0.29, 0.717) is 5.75 Å². The van der Waals surface area contributed by atoms with Crippen LogP contribution in [-0.2, 0) is 50.7 Å². The van der Waals surface area contributed by atoms with Crippen LogP contribution in [0.4, 0.5) is 5.82 Å². The average Bonchev–Trinajstić information content (AvgIpc) is 3.84. The maximum absolute atomic E-state index is 12.7. The van der Waals surface area contributed by atoms with Crippen LogP contribution in [0.2, 0.25) is 0 Å². The maximum Gasteiger partial charge on any atom is 0.481 e. The van der Waals surface area contributed by atoms with Gasteiger partial charge in [0.25, 0.3) is 0 Å². The summed E-state index contributed by atoms with van der Waals surface area (Å²) in [6.07, 6.45) is 16.8. The van der Waals surface area contributed by atoms with Gasteiger partial charge in [0.05, 0.1) is 19.5 Å². The molecular weight excluding hydrogens is 987 g/mol. The number of fused-ring (bicyclic) bond motifs is 1. The first kappa shape index (κ1) is 60.6. The maximum atomic E-state index is 12.7. The van der Waals surface area contributed by atoms with Crippen LogP contribution in [0.1, 0.15) is 136 Å². The van der Waals surface area contributed by atoms with Gasteiger partial charge in [0, 0.05) is 30.7 Å². The van der Waals surface area contributed by atoms with E-state index in [0.717, 1.165) is 48.2 Å². The summed E-state index contributed by atoms with van der Waals surface area (Å²) in [6.45, 7) is 2.77. The molecule has 3 heterocycles. The van der Waals surface area contributed by atoms with Gasteiger partial charge in [-0.1, -0.05) is 129 Å². The highest BCUT2D eigenvalue weighted by Gasteiger charge is 2.50. The van der Waals surface area contributed by atoms with Gasteiger partial charge in [0.1, 0.15) is 36.3 Å². The number of carbonyl (C=O) groups excluding carboxylic acids is 3. The number of rotatable bonds is 36. The van der Waals surface area contributed by atoms with Crippen LogP contribution in [0, 0.1) is 5.41 Å². The molecule has 394 valence electrons. The average molecular weight is 1060 g/mol. The Morgan fingerprint density at radius 2 is 1.48 bits per heavy atom. The van der Waals surface area contributed by atoms with Crippen molar-refractivity contribution < 1.29 is 80.5 Å². The minimum atomic E-state index is -5.58. The normalized spacial score (nSPS) is 20.0. The molecule has 2 aromatic heterocycles. The number of amides is 2. The second-order valence-electron chi connectivity index (χ2n) is 17.4. The van der Waals surface area contributed by atoms with Gasteiger partial charge in [-0.15, -0.1) is 0 Å². The molecule has 7 unspecified atom stereocenters. The molecule has 24 nitrogen and oxygen atoms in total. The Morgan fingerprint density at radius 3 is 2.09 bits per heavy atom. The molecule has 0 aromatic carbocycles. The van der Waals surface area contributed by atoms with Gasteiger partial charge in [0.15, 0.2) is 17.7 Å². The van der Waals surface area contributed by atoms with Crippen LogP contribution in [0.25, 0.3) is 11.2 Å². The van der Waals surface area contributed by atoms with Crippen molar-refractivity contribution in [2.24, 2.45) is 5.41 Å². The molecule has 10 N–H and O–H groups in total. The fourth-order valence-electron chi connectivity index (χ4n) is 7.14. The molecule has 0 radical (unpaired) electrons. The number of ether oxygens (including phenoxy) is 1. The van der Waals surface area contributed by atoms with Crippen molar-refractivity contribution in [1.29, 1.82) is 0 Å². The molecule has 2 amide bonds. The second-order valence-corrected chi connectivity index (χ2v) is 22.7. The molecule has 3 rings (SSSR count). The van der Waals surface area contributed by atoms with Crippen LogP contribution in [0.3, 0.4) is 0 Å². The highest BCUT2D eigenvalue weighted by Crippen LogP contribution is 2.61. The molecule has 1 fully saturated rings. The summed E-state index contributed by atoms with van der Waals surface area (Å²) in [5.74, 6) is -1.09. The molecule has 1 aliphatic rings. The van der Waals surface area contributed by atoms with Crippen LogP contribution < -0.4 is 16.4 Å². The monoisotopic (exact) mass is 1060 g/mol. The van der Waals surface area contributed by atoms with E-state index in [4.69, 9.17) is 19.5 Å². The first-order valence-corrected chi connectivity index (χ1v) is 28.8. The number of nitrogens with zero attached hydrogens (tertiary/aromatic N) is 4. The number of nitrogen functional groups attached to an aromatic ring is 1. The minimum absolute atomic E-state index is 0.0327. The Balaban J connectivity index is 1.28. The SMILES string of the molecule is CCCCCCCCCCCCCCCCC/C=C/C(=O)SCCNC(=O)CCNC(=O)C(O)C(C)(C)COP(=O)(O)OP(=O)(O)OCC1OC(n2cnc3c(N)ncnc32)C(O)C1OP(=O)(O)O. The van der Waals surface area contributed by atoms with Crippen molar-refractivity contribution in [3.05, 3.63) is 24.8 Å². The number of hydrogen-bond donors (Lipinski definition) is 9. The number of phosphoric ester groups is 3. The fourth-order valence-corrected chi connectivity index (χ4v) is 10.6. The van der Waals surface area contributed by atoms with Crippen molar-refractivity contribution >= 4 is 69.1 Å². The third-order valence-electron chi connectivity index (χ3n) is 11.0. The third kappa shape index (κ3) is 23.2. The summed E-state index contributed by atoms with van der Waals surface area (Å²) in [6, 6.07) is 0. The Morgan fingerprint density at radius 1 is 0.884 bits per heavy atom. The molecule has 28 heteroatoms.